The van der Waals surface area contributed by atoms with Crippen LogP contribution in [0.25, 0.3) is 0 Å². The van der Waals surface area contributed by atoms with Crippen molar-refractivity contribution in [1.82, 2.24) is 9.88 Å². The lowest BCUT2D eigenvalue weighted by Crippen LogP contribution is -2.31. The molecule has 0 atom stereocenters. The zero-order valence-electron chi connectivity index (χ0n) is 11.0. The van der Waals surface area contributed by atoms with Crippen molar-refractivity contribution < 1.29 is 18.0 Å². The van der Waals surface area contributed by atoms with Crippen molar-refractivity contribution in [1.29, 1.82) is 5.41 Å². The lowest BCUT2D eigenvalue weighted by Gasteiger charge is -2.10. The van der Waals surface area contributed by atoms with Gasteiger partial charge in [0.25, 0.3) is 5.91 Å². The molecule has 1 aromatic carbocycles. The second-order valence-corrected chi connectivity index (χ2v) is 4.41. The van der Waals surface area contributed by atoms with Crippen molar-refractivity contribution in [3.05, 3.63) is 59.4 Å². The highest BCUT2D eigenvalue weighted by atomic mass is 19.4. The fourth-order valence-corrected chi connectivity index (χ4v) is 1.80. The van der Waals surface area contributed by atoms with Gasteiger partial charge in [0.2, 0.25) is 0 Å². The van der Waals surface area contributed by atoms with E-state index in [9.17, 15) is 18.0 Å². The Morgan fingerprint density at radius 2 is 1.95 bits per heavy atom. The number of rotatable bonds is 2. The van der Waals surface area contributed by atoms with Crippen LogP contribution < -0.4 is 5.32 Å². The Balaban J connectivity index is 2.18. The number of aromatic nitrogens is 1. The van der Waals surface area contributed by atoms with E-state index in [4.69, 9.17) is 5.41 Å². The predicted octanol–water partition coefficient (Wildman–Crippen LogP) is 2.80. The molecule has 0 radical (unpaired) electrons. The van der Waals surface area contributed by atoms with Gasteiger partial charge in [0.1, 0.15) is 11.5 Å². The highest BCUT2D eigenvalue weighted by Crippen LogP contribution is 2.29. The Hall–Kier alpha value is -2.57. The number of carbonyl (C=O) groups is 1. The third-order valence-electron chi connectivity index (χ3n) is 2.89. The summed E-state index contributed by atoms with van der Waals surface area (Å²) in [6.07, 6.45) is -2.83. The minimum Gasteiger partial charge on any atom is -0.347 e. The molecule has 0 fully saturated rings. The standard InChI is InChI=1S/C14H12F3N3O/c1-20-7-3-6-11(20)13(21)19-12(18)9-4-2-5-10(8-9)14(15,16)17/h2-8H,1H3,(H2,18,19,21). The van der Waals surface area contributed by atoms with Crippen molar-refractivity contribution in [2.24, 2.45) is 7.05 Å². The highest BCUT2D eigenvalue weighted by Gasteiger charge is 2.30. The predicted molar refractivity (Wildman–Crippen MR) is 71.2 cm³/mol. The van der Waals surface area contributed by atoms with Crippen molar-refractivity contribution in [3.63, 3.8) is 0 Å². The van der Waals surface area contributed by atoms with E-state index in [-0.39, 0.29) is 11.4 Å². The molecule has 0 spiro atoms. The van der Waals surface area contributed by atoms with Crippen LogP contribution in [-0.2, 0) is 13.2 Å². The number of carbonyl (C=O) groups excluding carboxylic acids is 1. The first-order chi connectivity index (χ1) is 9.79. The average molecular weight is 295 g/mol. The van der Waals surface area contributed by atoms with Gasteiger partial charge in [-0.05, 0) is 24.3 Å². The van der Waals surface area contributed by atoms with E-state index >= 15 is 0 Å². The summed E-state index contributed by atoms with van der Waals surface area (Å²) in [6, 6.07) is 7.48. The topological polar surface area (TPSA) is 57.9 Å². The fraction of sp³-hybridized carbons (Fsp3) is 0.143. The molecule has 0 aliphatic rings. The van der Waals surface area contributed by atoms with Gasteiger partial charge in [-0.15, -0.1) is 0 Å². The van der Waals surface area contributed by atoms with Crippen LogP contribution in [-0.4, -0.2) is 16.3 Å². The van der Waals surface area contributed by atoms with E-state index in [0.29, 0.717) is 5.69 Å². The first kappa shape index (κ1) is 14.8. The van der Waals surface area contributed by atoms with Crippen LogP contribution in [0.2, 0.25) is 0 Å². The molecule has 0 unspecified atom stereocenters. The van der Waals surface area contributed by atoms with E-state index in [1.54, 1.807) is 29.9 Å². The van der Waals surface area contributed by atoms with Crippen LogP contribution >= 0.6 is 0 Å². The molecule has 4 nitrogen and oxygen atoms in total. The molecular weight excluding hydrogens is 283 g/mol. The first-order valence-electron chi connectivity index (χ1n) is 5.98. The van der Waals surface area contributed by atoms with E-state index in [2.05, 4.69) is 5.32 Å². The van der Waals surface area contributed by atoms with Crippen molar-refractivity contribution >= 4 is 11.7 Å². The number of aryl methyl sites for hydroxylation is 1. The van der Waals surface area contributed by atoms with Gasteiger partial charge >= 0.3 is 6.18 Å². The molecule has 1 aromatic heterocycles. The summed E-state index contributed by atoms with van der Waals surface area (Å²) in [6.45, 7) is 0. The quantitative estimate of drug-likeness (QED) is 0.649. The first-order valence-corrected chi connectivity index (χ1v) is 5.98. The van der Waals surface area contributed by atoms with Crippen LogP contribution in [0.4, 0.5) is 13.2 Å². The number of alkyl halides is 3. The van der Waals surface area contributed by atoms with Crippen LogP contribution in [0.3, 0.4) is 0 Å². The second-order valence-electron chi connectivity index (χ2n) is 4.41. The molecule has 1 amide bonds. The van der Waals surface area contributed by atoms with Crippen LogP contribution in [0.15, 0.2) is 42.6 Å². The molecular formula is C14H12F3N3O. The number of nitrogens with zero attached hydrogens (tertiary/aromatic N) is 1. The highest BCUT2D eigenvalue weighted by molar-refractivity contribution is 6.10. The molecule has 2 rings (SSSR count). The van der Waals surface area contributed by atoms with Crippen molar-refractivity contribution in [2.75, 3.05) is 0 Å². The second kappa shape index (κ2) is 5.43. The summed E-state index contributed by atoms with van der Waals surface area (Å²) >= 11 is 0. The van der Waals surface area contributed by atoms with Crippen molar-refractivity contribution in [3.8, 4) is 0 Å². The summed E-state index contributed by atoms with van der Waals surface area (Å²) in [4.78, 5) is 11.9. The third-order valence-corrected chi connectivity index (χ3v) is 2.89. The van der Waals surface area contributed by atoms with Gasteiger partial charge in [0.05, 0.1) is 5.56 Å². The maximum atomic E-state index is 12.6. The van der Waals surface area contributed by atoms with Gasteiger partial charge in [-0.25, -0.2) is 0 Å². The van der Waals surface area contributed by atoms with Gasteiger partial charge in [-0.2, -0.15) is 13.2 Å². The number of halogens is 3. The number of nitrogens with one attached hydrogen (secondary N) is 2. The monoisotopic (exact) mass is 295 g/mol. The number of hydrogen-bond donors (Lipinski definition) is 2. The molecule has 0 aliphatic heterocycles. The molecule has 21 heavy (non-hydrogen) atoms. The SMILES string of the molecule is Cn1cccc1C(=O)NC(=N)c1cccc(C(F)(F)F)c1. The zero-order valence-corrected chi connectivity index (χ0v) is 11.0. The average Bonchev–Trinajstić information content (AvgIpc) is 2.84. The van der Waals surface area contributed by atoms with Gasteiger partial charge in [-0.1, -0.05) is 12.1 Å². The Morgan fingerprint density at radius 3 is 2.52 bits per heavy atom. The maximum absolute atomic E-state index is 12.6. The van der Waals surface area contributed by atoms with Gasteiger partial charge < -0.3 is 9.88 Å². The summed E-state index contributed by atoms with van der Waals surface area (Å²) in [5.41, 5.74) is -0.558. The molecule has 0 saturated carbocycles. The third kappa shape index (κ3) is 3.31. The summed E-state index contributed by atoms with van der Waals surface area (Å²) < 4.78 is 39.4. The van der Waals surface area contributed by atoms with Gasteiger partial charge in [0.15, 0.2) is 0 Å². The number of hydrogen-bond acceptors (Lipinski definition) is 2. The Labute approximate surface area is 118 Å². The molecule has 0 saturated heterocycles. The zero-order chi connectivity index (χ0) is 15.6. The Morgan fingerprint density at radius 1 is 1.24 bits per heavy atom. The van der Waals surface area contributed by atoms with E-state index < -0.39 is 17.6 Å². The van der Waals surface area contributed by atoms with Crippen molar-refractivity contribution in [2.45, 2.75) is 6.18 Å². The lowest BCUT2D eigenvalue weighted by atomic mass is 10.1. The number of benzene rings is 1. The van der Waals surface area contributed by atoms with E-state index in [0.717, 1.165) is 12.1 Å². The number of amidine groups is 1. The van der Waals surface area contributed by atoms with E-state index in [1.165, 1.54) is 12.1 Å². The summed E-state index contributed by atoms with van der Waals surface area (Å²) in [5, 5.41) is 10.00. The van der Waals surface area contributed by atoms with Crippen LogP contribution in [0, 0.1) is 5.41 Å². The molecule has 110 valence electrons. The molecule has 0 aliphatic carbocycles. The maximum Gasteiger partial charge on any atom is 0.416 e. The smallest absolute Gasteiger partial charge is 0.347 e. The Bertz CT molecular complexity index is 689. The molecule has 2 N–H and O–H groups in total. The van der Waals surface area contributed by atoms with Crippen LogP contribution in [0.1, 0.15) is 21.6 Å². The summed E-state index contributed by atoms with van der Waals surface area (Å²) in [5.74, 6) is -0.933. The van der Waals surface area contributed by atoms with Gasteiger partial charge in [-0.3, -0.25) is 10.2 Å². The Kier molecular flexibility index (Phi) is 3.84. The normalized spacial score (nSPS) is 11.2. The van der Waals surface area contributed by atoms with E-state index in [1.807, 2.05) is 0 Å². The minimum absolute atomic E-state index is 0.00705. The molecule has 0 bridgehead atoms. The molecule has 7 heteroatoms. The lowest BCUT2D eigenvalue weighted by molar-refractivity contribution is -0.137. The summed E-state index contributed by atoms with van der Waals surface area (Å²) in [7, 11) is 1.66. The largest absolute Gasteiger partial charge is 0.416 e. The molecule has 2 aromatic rings. The van der Waals surface area contributed by atoms with Crippen LogP contribution in [0.5, 0.6) is 0 Å². The fourth-order valence-electron chi connectivity index (χ4n) is 1.80. The number of amides is 1. The minimum atomic E-state index is -4.49. The van der Waals surface area contributed by atoms with Gasteiger partial charge in [0, 0.05) is 18.8 Å². The molecule has 1 heterocycles.